The normalized spacial score (nSPS) is 13.9. The maximum absolute atomic E-state index is 12.2. The molecule has 0 heterocycles. The maximum Gasteiger partial charge on any atom is 0.407 e. The Morgan fingerprint density at radius 1 is 1.41 bits per heavy atom. The van der Waals surface area contributed by atoms with Crippen LogP contribution >= 0.6 is 0 Å². The second kappa shape index (κ2) is 5.72. The Morgan fingerprint density at radius 3 is 2.71 bits per heavy atom. The fraction of sp³-hybridized carbons (Fsp3) is 0.333. The molecule has 1 aromatic carbocycles. The van der Waals surface area contributed by atoms with Crippen molar-refractivity contribution in [3.05, 3.63) is 35.9 Å². The van der Waals surface area contributed by atoms with Crippen LogP contribution in [0.4, 0.5) is 13.2 Å². The van der Waals surface area contributed by atoms with Crippen LogP contribution in [0.15, 0.2) is 30.3 Å². The van der Waals surface area contributed by atoms with E-state index in [0.29, 0.717) is 17.9 Å². The zero-order chi connectivity index (χ0) is 12.9. The second-order valence-corrected chi connectivity index (χ2v) is 3.43. The molecule has 0 aromatic heterocycles. The Bertz CT molecular complexity index is 388. The molecule has 17 heavy (non-hydrogen) atoms. The minimum absolute atomic E-state index is 0.509. The Hall–Kier alpha value is -1.49. The molecule has 1 aromatic rings. The summed E-state index contributed by atoms with van der Waals surface area (Å²) < 4.78 is 41.7. The molecule has 0 unspecified atom stereocenters. The smallest absolute Gasteiger partial charge is 0.407 e. The number of ether oxygens (including phenoxy) is 1. The van der Waals surface area contributed by atoms with Crippen LogP contribution in [0.3, 0.4) is 0 Å². The lowest BCUT2D eigenvalue weighted by Crippen LogP contribution is -2.35. The molecule has 0 saturated heterocycles. The van der Waals surface area contributed by atoms with E-state index in [1.54, 1.807) is 24.3 Å². The number of hydrogen-bond acceptors (Lipinski definition) is 2. The monoisotopic (exact) mass is 245 g/mol. The Labute approximate surface area is 97.9 Å². The number of hydrogen-bond donors (Lipinski definition) is 1. The Morgan fingerprint density at radius 2 is 2.12 bits per heavy atom. The van der Waals surface area contributed by atoms with Crippen molar-refractivity contribution in [3.8, 4) is 5.75 Å². The molecule has 2 N–H and O–H groups in total. The fourth-order valence-electron chi connectivity index (χ4n) is 1.20. The standard InChI is InChI=1S/C12H14F3NO/c1-2-17-10-5-3-4-9(8-10)6-7-11(16)12(13,14)15/h3-8,11H,2,16H2,1H3/t11-/m0/s1. The molecule has 5 heteroatoms. The first-order valence-electron chi connectivity index (χ1n) is 5.17. The van der Waals surface area contributed by atoms with Gasteiger partial charge < -0.3 is 10.5 Å². The molecule has 0 saturated carbocycles. The SMILES string of the molecule is CCOc1cccc(C=C[C@H](N)C(F)(F)F)c1. The Kier molecular flexibility index (Phi) is 4.57. The van der Waals surface area contributed by atoms with Crippen LogP contribution in [0.2, 0.25) is 0 Å². The van der Waals surface area contributed by atoms with Crippen LogP contribution in [-0.4, -0.2) is 18.8 Å². The number of alkyl halides is 3. The highest BCUT2D eigenvalue weighted by Gasteiger charge is 2.34. The van der Waals surface area contributed by atoms with Gasteiger partial charge in [-0.1, -0.05) is 24.3 Å². The van der Waals surface area contributed by atoms with E-state index in [-0.39, 0.29) is 0 Å². The summed E-state index contributed by atoms with van der Waals surface area (Å²) in [6, 6.07) is 4.85. The highest BCUT2D eigenvalue weighted by atomic mass is 19.4. The molecule has 0 aliphatic rings. The number of rotatable bonds is 4. The summed E-state index contributed by atoms with van der Waals surface area (Å²) in [5.74, 6) is 0.621. The minimum atomic E-state index is -4.41. The molecular formula is C12H14F3NO. The van der Waals surface area contributed by atoms with Crippen molar-refractivity contribution in [2.45, 2.75) is 19.1 Å². The van der Waals surface area contributed by atoms with Gasteiger partial charge in [0.05, 0.1) is 6.61 Å². The topological polar surface area (TPSA) is 35.2 Å². The van der Waals surface area contributed by atoms with Crippen molar-refractivity contribution in [1.82, 2.24) is 0 Å². The van der Waals surface area contributed by atoms with E-state index in [1.807, 2.05) is 6.92 Å². The van der Waals surface area contributed by atoms with Crippen molar-refractivity contribution < 1.29 is 17.9 Å². The molecule has 94 valence electrons. The Balaban J connectivity index is 2.74. The van der Waals surface area contributed by atoms with E-state index in [2.05, 4.69) is 0 Å². The van der Waals surface area contributed by atoms with Gasteiger partial charge in [-0.3, -0.25) is 0 Å². The quantitative estimate of drug-likeness (QED) is 0.885. The fourth-order valence-corrected chi connectivity index (χ4v) is 1.20. The lowest BCUT2D eigenvalue weighted by Gasteiger charge is -2.10. The van der Waals surface area contributed by atoms with Crippen LogP contribution in [0.25, 0.3) is 6.08 Å². The molecule has 0 bridgehead atoms. The van der Waals surface area contributed by atoms with Gasteiger partial charge in [0.2, 0.25) is 0 Å². The first-order chi connectivity index (χ1) is 7.93. The molecular weight excluding hydrogens is 231 g/mol. The van der Waals surface area contributed by atoms with E-state index in [9.17, 15) is 13.2 Å². The van der Waals surface area contributed by atoms with Gasteiger partial charge >= 0.3 is 6.18 Å². The summed E-state index contributed by atoms with van der Waals surface area (Å²) >= 11 is 0. The van der Waals surface area contributed by atoms with Gasteiger partial charge in [-0.25, -0.2) is 0 Å². The molecule has 0 aliphatic heterocycles. The molecule has 0 fully saturated rings. The van der Waals surface area contributed by atoms with Crippen LogP contribution in [0, 0.1) is 0 Å². The lowest BCUT2D eigenvalue weighted by molar-refractivity contribution is -0.136. The molecule has 0 radical (unpaired) electrons. The van der Waals surface area contributed by atoms with E-state index in [0.717, 1.165) is 6.08 Å². The van der Waals surface area contributed by atoms with Gasteiger partial charge in [0.15, 0.2) is 0 Å². The number of nitrogens with two attached hydrogens (primary N) is 1. The maximum atomic E-state index is 12.2. The zero-order valence-electron chi connectivity index (χ0n) is 9.37. The second-order valence-electron chi connectivity index (χ2n) is 3.43. The molecule has 1 rings (SSSR count). The average Bonchev–Trinajstić information content (AvgIpc) is 2.25. The van der Waals surface area contributed by atoms with Crippen molar-refractivity contribution in [2.24, 2.45) is 5.73 Å². The third kappa shape index (κ3) is 4.48. The van der Waals surface area contributed by atoms with Gasteiger partial charge in [-0.2, -0.15) is 13.2 Å². The summed E-state index contributed by atoms with van der Waals surface area (Å²) in [6.07, 6.45) is -2.15. The number of benzene rings is 1. The van der Waals surface area contributed by atoms with Crippen molar-refractivity contribution in [3.63, 3.8) is 0 Å². The van der Waals surface area contributed by atoms with Gasteiger partial charge in [0.25, 0.3) is 0 Å². The average molecular weight is 245 g/mol. The highest BCUT2D eigenvalue weighted by Crippen LogP contribution is 2.20. The molecule has 0 amide bonds. The van der Waals surface area contributed by atoms with Crippen molar-refractivity contribution in [1.29, 1.82) is 0 Å². The minimum Gasteiger partial charge on any atom is -0.494 e. The lowest BCUT2D eigenvalue weighted by atomic mass is 10.1. The largest absolute Gasteiger partial charge is 0.494 e. The van der Waals surface area contributed by atoms with Crippen molar-refractivity contribution >= 4 is 6.08 Å². The predicted molar refractivity (Wildman–Crippen MR) is 60.7 cm³/mol. The van der Waals surface area contributed by atoms with Gasteiger partial charge in [0.1, 0.15) is 11.8 Å². The predicted octanol–water partition coefficient (Wildman–Crippen LogP) is 2.99. The molecule has 0 aliphatic carbocycles. The number of halogens is 3. The van der Waals surface area contributed by atoms with E-state index in [1.165, 1.54) is 6.08 Å². The summed E-state index contributed by atoms with van der Waals surface area (Å²) in [6.45, 7) is 2.34. The highest BCUT2D eigenvalue weighted by molar-refractivity contribution is 5.52. The van der Waals surface area contributed by atoms with Gasteiger partial charge in [-0.15, -0.1) is 0 Å². The molecule has 2 nitrogen and oxygen atoms in total. The molecule has 0 spiro atoms. The first kappa shape index (κ1) is 13.6. The van der Waals surface area contributed by atoms with Gasteiger partial charge in [-0.05, 0) is 24.6 Å². The van der Waals surface area contributed by atoms with E-state index < -0.39 is 12.2 Å². The van der Waals surface area contributed by atoms with Crippen LogP contribution in [-0.2, 0) is 0 Å². The first-order valence-corrected chi connectivity index (χ1v) is 5.17. The van der Waals surface area contributed by atoms with E-state index in [4.69, 9.17) is 10.5 Å². The molecule has 1 atom stereocenters. The summed E-state index contributed by atoms with van der Waals surface area (Å²) in [4.78, 5) is 0. The van der Waals surface area contributed by atoms with Gasteiger partial charge in [0, 0.05) is 0 Å². The van der Waals surface area contributed by atoms with E-state index >= 15 is 0 Å². The van der Waals surface area contributed by atoms with Crippen LogP contribution in [0.1, 0.15) is 12.5 Å². The van der Waals surface area contributed by atoms with Crippen LogP contribution < -0.4 is 10.5 Å². The third-order valence-corrected chi connectivity index (χ3v) is 2.04. The zero-order valence-corrected chi connectivity index (χ0v) is 9.37. The summed E-state index contributed by atoms with van der Waals surface area (Å²) in [5, 5.41) is 0. The van der Waals surface area contributed by atoms with Crippen molar-refractivity contribution in [2.75, 3.05) is 6.61 Å². The van der Waals surface area contributed by atoms with Crippen LogP contribution in [0.5, 0.6) is 5.75 Å². The summed E-state index contributed by atoms with van der Waals surface area (Å²) in [7, 11) is 0. The summed E-state index contributed by atoms with van der Waals surface area (Å²) in [5.41, 5.74) is 5.57. The third-order valence-electron chi connectivity index (χ3n) is 2.04.